The van der Waals surface area contributed by atoms with E-state index in [-0.39, 0.29) is 25.7 Å². The van der Waals surface area contributed by atoms with Crippen molar-refractivity contribution >= 4 is 13.7 Å². The highest BCUT2D eigenvalue weighted by Gasteiger charge is 2.26. The fourth-order valence-corrected chi connectivity index (χ4v) is 6.12. The van der Waals surface area contributed by atoms with E-state index in [1.807, 2.05) is 6.08 Å². The number of amides is 1. The SMILES string of the molecule is CC/C=C\C/C=C\C/C=C\C/C=C\CCCCCCCCCCC(=O)NC(COP(=O)(O)OCCN)C(O)/C=C/CCCCCCCCCC. The maximum Gasteiger partial charge on any atom is 0.472 e. The van der Waals surface area contributed by atoms with Crippen LogP contribution in [0.3, 0.4) is 0 Å². The van der Waals surface area contributed by atoms with Crippen molar-refractivity contribution in [3.8, 4) is 0 Å². The second-order valence-electron chi connectivity index (χ2n) is 13.1. The molecule has 290 valence electrons. The normalized spacial score (nSPS) is 14.9. The number of carbonyl (C=O) groups excluding carboxylic acids is 1. The van der Waals surface area contributed by atoms with E-state index in [1.165, 1.54) is 70.6 Å². The Hall–Kier alpha value is -1.80. The summed E-state index contributed by atoms with van der Waals surface area (Å²) in [6.45, 7) is 3.97. The number of unbranched alkanes of at least 4 members (excludes halogenated alkanes) is 16. The van der Waals surface area contributed by atoms with Crippen molar-refractivity contribution in [1.29, 1.82) is 0 Å². The smallest absolute Gasteiger partial charge is 0.387 e. The zero-order valence-corrected chi connectivity index (χ0v) is 32.8. The zero-order chi connectivity index (χ0) is 36.8. The molecule has 1 amide bonds. The van der Waals surface area contributed by atoms with Gasteiger partial charge in [-0.1, -0.05) is 158 Å². The molecule has 0 aliphatic heterocycles. The van der Waals surface area contributed by atoms with Crippen molar-refractivity contribution < 1.29 is 28.4 Å². The summed E-state index contributed by atoms with van der Waals surface area (Å²) in [5.74, 6) is -0.208. The predicted molar refractivity (Wildman–Crippen MR) is 212 cm³/mol. The van der Waals surface area contributed by atoms with E-state index in [9.17, 15) is 19.4 Å². The van der Waals surface area contributed by atoms with Gasteiger partial charge in [0.1, 0.15) is 0 Å². The topological polar surface area (TPSA) is 131 Å². The second-order valence-corrected chi connectivity index (χ2v) is 14.6. The molecule has 50 heavy (non-hydrogen) atoms. The van der Waals surface area contributed by atoms with Crippen molar-refractivity contribution in [3.63, 3.8) is 0 Å². The minimum absolute atomic E-state index is 0.0743. The van der Waals surface area contributed by atoms with Gasteiger partial charge in [0.2, 0.25) is 5.91 Å². The minimum atomic E-state index is -4.34. The number of nitrogens with one attached hydrogen (secondary N) is 1. The molecule has 0 aromatic carbocycles. The Morgan fingerprint density at radius 2 is 1.16 bits per heavy atom. The van der Waals surface area contributed by atoms with Gasteiger partial charge in [-0.05, 0) is 57.8 Å². The van der Waals surface area contributed by atoms with Gasteiger partial charge in [-0.15, -0.1) is 0 Å². The highest BCUT2D eigenvalue weighted by Crippen LogP contribution is 2.43. The van der Waals surface area contributed by atoms with Crippen molar-refractivity contribution in [3.05, 3.63) is 60.8 Å². The number of allylic oxidation sites excluding steroid dienone is 9. The molecule has 0 bridgehead atoms. The molecule has 3 unspecified atom stereocenters. The molecule has 0 saturated carbocycles. The summed E-state index contributed by atoms with van der Waals surface area (Å²) in [5, 5.41) is 13.6. The molecular formula is C41H75N2O6P. The summed E-state index contributed by atoms with van der Waals surface area (Å²) in [7, 11) is -4.34. The van der Waals surface area contributed by atoms with Gasteiger partial charge in [-0.2, -0.15) is 0 Å². The number of hydrogen-bond acceptors (Lipinski definition) is 6. The molecule has 0 rings (SSSR count). The van der Waals surface area contributed by atoms with E-state index in [1.54, 1.807) is 6.08 Å². The van der Waals surface area contributed by atoms with Crippen LogP contribution in [0.2, 0.25) is 0 Å². The highest BCUT2D eigenvalue weighted by atomic mass is 31.2. The predicted octanol–water partition coefficient (Wildman–Crippen LogP) is 10.7. The van der Waals surface area contributed by atoms with Gasteiger partial charge >= 0.3 is 7.82 Å². The fourth-order valence-electron chi connectivity index (χ4n) is 5.36. The molecule has 0 fully saturated rings. The quantitative estimate of drug-likeness (QED) is 0.0288. The van der Waals surface area contributed by atoms with Gasteiger partial charge in [0, 0.05) is 13.0 Å². The van der Waals surface area contributed by atoms with Gasteiger partial charge in [0.05, 0.1) is 25.4 Å². The Labute approximate surface area is 306 Å². The summed E-state index contributed by atoms with van der Waals surface area (Å²) < 4.78 is 22.0. The van der Waals surface area contributed by atoms with E-state index < -0.39 is 20.0 Å². The maximum atomic E-state index is 12.7. The molecule has 0 aromatic heterocycles. The van der Waals surface area contributed by atoms with Crippen LogP contribution in [-0.2, 0) is 18.4 Å². The van der Waals surface area contributed by atoms with E-state index in [0.29, 0.717) is 6.42 Å². The van der Waals surface area contributed by atoms with E-state index in [4.69, 9.17) is 14.8 Å². The lowest BCUT2D eigenvalue weighted by Gasteiger charge is -2.23. The van der Waals surface area contributed by atoms with Gasteiger partial charge in [-0.3, -0.25) is 13.8 Å². The van der Waals surface area contributed by atoms with Gasteiger partial charge in [0.25, 0.3) is 0 Å². The molecule has 0 spiro atoms. The first-order valence-corrected chi connectivity index (χ1v) is 21.4. The molecule has 0 aliphatic carbocycles. The molecule has 0 aliphatic rings. The third-order valence-electron chi connectivity index (χ3n) is 8.35. The van der Waals surface area contributed by atoms with Crippen LogP contribution >= 0.6 is 7.82 Å². The average Bonchev–Trinajstić information content (AvgIpc) is 3.10. The van der Waals surface area contributed by atoms with Crippen molar-refractivity contribution in [2.24, 2.45) is 5.73 Å². The molecule has 0 heterocycles. The lowest BCUT2D eigenvalue weighted by molar-refractivity contribution is -0.123. The maximum absolute atomic E-state index is 12.7. The first-order valence-electron chi connectivity index (χ1n) is 19.9. The fraction of sp³-hybridized carbons (Fsp3) is 0.732. The second kappa shape index (κ2) is 37.0. The van der Waals surface area contributed by atoms with Crippen LogP contribution in [0.5, 0.6) is 0 Å². The molecule has 0 saturated heterocycles. The molecule has 9 heteroatoms. The van der Waals surface area contributed by atoms with Crippen molar-refractivity contribution in [2.45, 2.75) is 174 Å². The number of phosphoric acid groups is 1. The Morgan fingerprint density at radius 1 is 0.680 bits per heavy atom. The number of rotatable bonds is 36. The van der Waals surface area contributed by atoms with Crippen LogP contribution in [0.25, 0.3) is 0 Å². The number of phosphoric ester groups is 1. The van der Waals surface area contributed by atoms with Gasteiger partial charge in [-0.25, -0.2) is 4.57 Å². The van der Waals surface area contributed by atoms with Crippen LogP contribution in [0.1, 0.15) is 162 Å². The highest BCUT2D eigenvalue weighted by molar-refractivity contribution is 7.47. The zero-order valence-electron chi connectivity index (χ0n) is 31.9. The van der Waals surface area contributed by atoms with Crippen molar-refractivity contribution in [1.82, 2.24) is 5.32 Å². The third kappa shape index (κ3) is 34.6. The summed E-state index contributed by atoms with van der Waals surface area (Å²) in [6.07, 6.45) is 45.5. The number of carbonyl (C=O) groups is 1. The van der Waals surface area contributed by atoms with Crippen LogP contribution in [0, 0.1) is 0 Å². The van der Waals surface area contributed by atoms with Crippen LogP contribution in [0.15, 0.2) is 60.8 Å². The standard InChI is InChI=1S/C41H75N2O6P/c1-3-5-7-9-11-13-15-16-17-18-19-20-21-22-23-24-25-27-29-31-33-35-41(45)43-39(38-49-50(46,47)48-37-36-42)40(44)34-32-30-28-26-14-12-10-8-6-4-2/h5,7,11,13,16-17,19-20,32,34,39-40,44H,3-4,6,8-10,12,14-15,18,21-31,33,35-38,42H2,1-2H3,(H,43,45)(H,46,47)/b7-5-,13-11-,17-16-,20-19-,34-32+. The van der Waals surface area contributed by atoms with E-state index in [0.717, 1.165) is 70.6 Å². The van der Waals surface area contributed by atoms with Crippen molar-refractivity contribution in [2.75, 3.05) is 19.8 Å². The van der Waals surface area contributed by atoms with E-state index >= 15 is 0 Å². The largest absolute Gasteiger partial charge is 0.472 e. The molecular weight excluding hydrogens is 647 g/mol. The Balaban J connectivity index is 4.20. The Bertz CT molecular complexity index is 965. The minimum Gasteiger partial charge on any atom is -0.387 e. The van der Waals surface area contributed by atoms with Crippen LogP contribution in [0.4, 0.5) is 0 Å². The lowest BCUT2D eigenvalue weighted by atomic mass is 10.1. The monoisotopic (exact) mass is 723 g/mol. The summed E-state index contributed by atoms with van der Waals surface area (Å²) in [5.41, 5.74) is 5.35. The number of aliphatic hydroxyl groups excluding tert-OH is 1. The molecule has 8 nitrogen and oxygen atoms in total. The van der Waals surface area contributed by atoms with Crippen LogP contribution in [-0.4, -0.2) is 47.8 Å². The summed E-state index contributed by atoms with van der Waals surface area (Å²) >= 11 is 0. The van der Waals surface area contributed by atoms with Crippen LogP contribution < -0.4 is 11.1 Å². The molecule has 3 atom stereocenters. The first kappa shape index (κ1) is 48.2. The Morgan fingerprint density at radius 3 is 1.70 bits per heavy atom. The molecule has 0 aromatic rings. The Kier molecular flexibility index (Phi) is 35.6. The third-order valence-corrected chi connectivity index (χ3v) is 9.33. The summed E-state index contributed by atoms with van der Waals surface area (Å²) in [4.78, 5) is 22.6. The average molecular weight is 723 g/mol. The number of hydrogen-bond donors (Lipinski definition) is 4. The van der Waals surface area contributed by atoms with E-state index in [2.05, 4.69) is 67.8 Å². The molecule has 0 radical (unpaired) electrons. The summed E-state index contributed by atoms with van der Waals surface area (Å²) in [6, 6.07) is -0.865. The number of nitrogens with two attached hydrogens (primary N) is 1. The lowest BCUT2D eigenvalue weighted by Crippen LogP contribution is -2.45. The first-order chi connectivity index (χ1) is 24.4. The van der Waals surface area contributed by atoms with Gasteiger partial charge < -0.3 is 21.1 Å². The number of aliphatic hydroxyl groups is 1. The molecule has 5 N–H and O–H groups in total. The van der Waals surface area contributed by atoms with Gasteiger partial charge in [0.15, 0.2) is 0 Å².